The molecule has 0 fully saturated rings. The molecule has 582 valence electrons. The summed E-state index contributed by atoms with van der Waals surface area (Å²) in [5, 5.41) is 10.6. The minimum Gasteiger partial charge on any atom is -0.462 e. The van der Waals surface area contributed by atoms with Crippen molar-refractivity contribution in [2.75, 3.05) is 39.6 Å². The number of esters is 4. The third-order valence-electron chi connectivity index (χ3n) is 18.3. The molecule has 0 heterocycles. The summed E-state index contributed by atoms with van der Waals surface area (Å²) in [7, 11) is -9.92. The molecule has 17 nitrogen and oxygen atoms in total. The Kier molecular flexibility index (Phi) is 66.8. The summed E-state index contributed by atoms with van der Waals surface area (Å²) in [6.07, 6.45) is 54.4. The van der Waals surface area contributed by atoms with Gasteiger partial charge in [-0.15, -0.1) is 0 Å². The van der Waals surface area contributed by atoms with Crippen molar-refractivity contribution in [1.82, 2.24) is 0 Å². The van der Waals surface area contributed by atoms with Gasteiger partial charge in [-0.2, -0.15) is 0 Å². The van der Waals surface area contributed by atoms with Crippen LogP contribution in [0, 0.1) is 23.7 Å². The van der Waals surface area contributed by atoms with Crippen molar-refractivity contribution < 1.29 is 80.2 Å². The lowest BCUT2D eigenvalue weighted by molar-refractivity contribution is -0.161. The number of rotatable bonds is 76. The summed E-state index contributed by atoms with van der Waals surface area (Å²) in [5.74, 6) is 0.911. The van der Waals surface area contributed by atoms with Crippen LogP contribution in [0.4, 0.5) is 0 Å². The van der Waals surface area contributed by atoms with E-state index in [2.05, 4.69) is 55.4 Å². The molecule has 0 bridgehead atoms. The highest BCUT2D eigenvalue weighted by atomic mass is 31.2. The second kappa shape index (κ2) is 68.2. The molecule has 98 heavy (non-hydrogen) atoms. The van der Waals surface area contributed by atoms with Crippen LogP contribution >= 0.6 is 15.6 Å². The van der Waals surface area contributed by atoms with Gasteiger partial charge in [-0.05, 0) is 49.4 Å². The predicted molar refractivity (Wildman–Crippen MR) is 400 cm³/mol. The molecule has 0 radical (unpaired) electrons. The van der Waals surface area contributed by atoms with Crippen molar-refractivity contribution in [2.24, 2.45) is 23.7 Å². The maximum Gasteiger partial charge on any atom is 0.472 e. The van der Waals surface area contributed by atoms with Crippen LogP contribution in [0.15, 0.2) is 0 Å². The van der Waals surface area contributed by atoms with Crippen molar-refractivity contribution >= 4 is 39.5 Å². The second-order valence-corrected chi connectivity index (χ2v) is 33.3. The topological polar surface area (TPSA) is 237 Å². The fourth-order valence-electron chi connectivity index (χ4n) is 12.1. The Morgan fingerprint density at radius 2 is 0.429 bits per heavy atom. The molecule has 0 spiro atoms. The van der Waals surface area contributed by atoms with E-state index in [4.69, 9.17) is 37.0 Å². The zero-order valence-corrected chi connectivity index (χ0v) is 66.2. The summed E-state index contributed by atoms with van der Waals surface area (Å²) in [6, 6.07) is 0. The maximum atomic E-state index is 13.1. The van der Waals surface area contributed by atoms with Crippen LogP contribution in [-0.2, 0) is 65.4 Å². The van der Waals surface area contributed by atoms with E-state index in [-0.39, 0.29) is 25.7 Å². The fraction of sp³-hybridized carbons (Fsp3) is 0.949. The van der Waals surface area contributed by atoms with Crippen molar-refractivity contribution in [1.29, 1.82) is 0 Å². The Balaban J connectivity index is 5.18. The van der Waals surface area contributed by atoms with Crippen LogP contribution < -0.4 is 0 Å². The van der Waals surface area contributed by atoms with E-state index in [0.717, 1.165) is 114 Å². The van der Waals surface area contributed by atoms with Crippen molar-refractivity contribution in [3.8, 4) is 0 Å². The maximum absolute atomic E-state index is 13.1. The SMILES string of the molecule is CC(C)CCCCCCCCCCCCCCCCCCCCC(=O)O[C@H](COC(=O)CCCCCCCCC(C)C)COP(=O)(O)OCC(O)COP(=O)(O)OC[C@@H](COC(=O)CCCCCCCCCCCC(C)C)OC(=O)CCCCCCCCCCCCCCCC(C)C. The Bertz CT molecular complexity index is 1920. The highest BCUT2D eigenvalue weighted by molar-refractivity contribution is 7.47. The molecule has 0 saturated carbocycles. The smallest absolute Gasteiger partial charge is 0.462 e. The van der Waals surface area contributed by atoms with E-state index < -0.39 is 97.5 Å². The zero-order chi connectivity index (χ0) is 72.4. The summed E-state index contributed by atoms with van der Waals surface area (Å²) in [4.78, 5) is 72.9. The van der Waals surface area contributed by atoms with E-state index in [1.54, 1.807) is 0 Å². The Morgan fingerprint density at radius 3 is 0.633 bits per heavy atom. The highest BCUT2D eigenvalue weighted by Gasteiger charge is 2.30. The van der Waals surface area contributed by atoms with E-state index >= 15 is 0 Å². The predicted octanol–water partition coefficient (Wildman–Crippen LogP) is 23.2. The Hall–Kier alpha value is -1.94. The number of phosphoric acid groups is 2. The molecule has 0 amide bonds. The van der Waals surface area contributed by atoms with Gasteiger partial charge in [0.25, 0.3) is 0 Å². The minimum atomic E-state index is -4.96. The number of hydrogen-bond acceptors (Lipinski definition) is 15. The average Bonchev–Trinajstić information content (AvgIpc) is 1.08. The lowest BCUT2D eigenvalue weighted by Gasteiger charge is -2.21. The molecule has 5 atom stereocenters. The summed E-state index contributed by atoms with van der Waals surface area (Å²) >= 11 is 0. The number of aliphatic hydroxyl groups is 1. The van der Waals surface area contributed by atoms with E-state index in [9.17, 15) is 43.2 Å². The quantitative estimate of drug-likeness (QED) is 0.0222. The molecule has 0 aromatic rings. The summed E-state index contributed by atoms with van der Waals surface area (Å²) in [5.41, 5.74) is 0. The third kappa shape index (κ3) is 72.4. The van der Waals surface area contributed by atoms with E-state index in [1.807, 2.05) is 0 Å². The zero-order valence-electron chi connectivity index (χ0n) is 64.4. The molecule has 0 aliphatic rings. The van der Waals surface area contributed by atoms with Gasteiger partial charge in [-0.3, -0.25) is 37.3 Å². The third-order valence-corrected chi connectivity index (χ3v) is 20.2. The van der Waals surface area contributed by atoms with Crippen LogP contribution in [0.2, 0.25) is 0 Å². The average molecular weight is 1440 g/mol. The van der Waals surface area contributed by atoms with E-state index in [0.29, 0.717) is 31.6 Å². The number of aliphatic hydroxyl groups excluding tert-OH is 1. The number of hydrogen-bond donors (Lipinski definition) is 3. The van der Waals surface area contributed by atoms with Gasteiger partial charge in [0.15, 0.2) is 12.2 Å². The molecule has 0 aliphatic heterocycles. The number of ether oxygens (including phenoxy) is 4. The van der Waals surface area contributed by atoms with Gasteiger partial charge in [-0.25, -0.2) is 9.13 Å². The monoisotopic (exact) mass is 1440 g/mol. The number of carbonyl (C=O) groups is 4. The first-order chi connectivity index (χ1) is 47.1. The first-order valence-corrected chi connectivity index (χ1v) is 43.7. The molecule has 0 aliphatic carbocycles. The van der Waals surface area contributed by atoms with Crippen LogP contribution in [0.1, 0.15) is 402 Å². The van der Waals surface area contributed by atoms with Gasteiger partial charge in [0.05, 0.1) is 26.4 Å². The van der Waals surface area contributed by atoms with Gasteiger partial charge in [0, 0.05) is 25.7 Å². The molecule has 3 unspecified atom stereocenters. The standard InChI is InChI=1S/C79H154O17P2/c1-69(2)55-47-39-31-25-20-16-13-11-9-10-12-14-18-22-28-35-45-53-61-79(84)96-75(66-90-77(82)60-52-44-38-37-42-50-58-72(7)8)68-94-98(87,88)92-64-73(80)63-91-97(85,86)93-67-74(65-89-76(81)59-51-43-34-30-24-27-33-41-49-57-71(5)6)95-78(83)62-54-46-36-29-23-19-15-17-21-26-32-40-48-56-70(3)4/h69-75,80H,9-68H2,1-8H3,(H,85,86)(H,87,88)/t73?,74-,75-/m1/s1. The van der Waals surface area contributed by atoms with Crippen molar-refractivity contribution in [3.63, 3.8) is 0 Å². The Morgan fingerprint density at radius 1 is 0.255 bits per heavy atom. The highest BCUT2D eigenvalue weighted by Crippen LogP contribution is 2.45. The van der Waals surface area contributed by atoms with Crippen molar-refractivity contribution in [2.45, 2.75) is 420 Å². The van der Waals surface area contributed by atoms with E-state index in [1.165, 1.54) is 199 Å². The van der Waals surface area contributed by atoms with Gasteiger partial charge in [0.1, 0.15) is 19.3 Å². The number of unbranched alkanes of at least 4 members (excludes halogenated alkanes) is 42. The van der Waals surface area contributed by atoms with Crippen LogP contribution in [-0.4, -0.2) is 96.7 Å². The van der Waals surface area contributed by atoms with Gasteiger partial charge in [0.2, 0.25) is 0 Å². The largest absolute Gasteiger partial charge is 0.472 e. The molecule has 0 aromatic heterocycles. The molecule has 0 saturated heterocycles. The van der Waals surface area contributed by atoms with Gasteiger partial charge < -0.3 is 33.8 Å². The van der Waals surface area contributed by atoms with Crippen LogP contribution in [0.3, 0.4) is 0 Å². The first-order valence-electron chi connectivity index (χ1n) is 40.7. The normalized spacial score (nSPS) is 14.1. The van der Waals surface area contributed by atoms with Crippen molar-refractivity contribution in [3.05, 3.63) is 0 Å². The lowest BCUT2D eigenvalue weighted by Crippen LogP contribution is -2.30. The first kappa shape index (κ1) is 96.1. The van der Waals surface area contributed by atoms with Crippen LogP contribution in [0.25, 0.3) is 0 Å². The minimum absolute atomic E-state index is 0.106. The Labute approximate surface area is 600 Å². The molecular formula is C79H154O17P2. The summed E-state index contributed by atoms with van der Waals surface area (Å²) in [6.45, 7) is 14.2. The number of phosphoric ester groups is 2. The summed E-state index contributed by atoms with van der Waals surface area (Å²) < 4.78 is 68.6. The lowest BCUT2D eigenvalue weighted by atomic mass is 10.0. The fourth-order valence-corrected chi connectivity index (χ4v) is 13.7. The molecular weight excluding hydrogens is 1280 g/mol. The van der Waals surface area contributed by atoms with Gasteiger partial charge >= 0.3 is 39.5 Å². The molecule has 3 N–H and O–H groups in total. The molecule has 19 heteroatoms. The molecule has 0 aromatic carbocycles. The number of carbonyl (C=O) groups excluding carboxylic acids is 4. The molecule has 0 rings (SSSR count). The van der Waals surface area contributed by atoms with Gasteiger partial charge in [-0.1, -0.05) is 351 Å². The second-order valence-electron chi connectivity index (χ2n) is 30.4. The van der Waals surface area contributed by atoms with Crippen LogP contribution in [0.5, 0.6) is 0 Å².